The Balaban J connectivity index is 3.52. The molecule has 0 aromatic heterocycles. The lowest BCUT2D eigenvalue weighted by molar-refractivity contribution is -0.147. The maximum absolute atomic E-state index is 11.6. The van der Waals surface area contributed by atoms with Gasteiger partial charge in [-0.3, -0.25) is 19.2 Å². The second-order valence-corrected chi connectivity index (χ2v) is 7.90. The topological polar surface area (TPSA) is 136 Å². The van der Waals surface area contributed by atoms with Gasteiger partial charge in [0.1, 0.15) is 5.78 Å². The molecule has 0 fully saturated rings. The average molecular weight is 461 g/mol. The fourth-order valence-corrected chi connectivity index (χ4v) is 2.60. The molecule has 32 heavy (non-hydrogen) atoms. The molecule has 186 valence electrons. The van der Waals surface area contributed by atoms with E-state index in [-0.39, 0.29) is 82.4 Å². The first-order valence-electron chi connectivity index (χ1n) is 11.6. The van der Waals surface area contributed by atoms with E-state index in [2.05, 4.69) is 0 Å². The Hall–Kier alpha value is -2.00. The summed E-state index contributed by atoms with van der Waals surface area (Å²) in [6, 6.07) is 0. The summed E-state index contributed by atoms with van der Waals surface area (Å²) in [7, 11) is 0. The van der Waals surface area contributed by atoms with Gasteiger partial charge in [0.25, 0.3) is 0 Å². The molecule has 0 aromatic carbocycles. The van der Waals surface area contributed by atoms with Crippen LogP contribution in [-0.4, -0.2) is 66.9 Å². The second-order valence-electron chi connectivity index (χ2n) is 7.90. The van der Waals surface area contributed by atoms with E-state index in [0.717, 1.165) is 12.8 Å². The molecule has 0 radical (unpaired) electrons. The summed E-state index contributed by atoms with van der Waals surface area (Å²) in [4.78, 5) is 46.4. The first-order valence-corrected chi connectivity index (χ1v) is 11.6. The van der Waals surface area contributed by atoms with Crippen molar-refractivity contribution in [3.05, 3.63) is 0 Å². The van der Waals surface area contributed by atoms with Gasteiger partial charge in [0.05, 0.1) is 26.2 Å². The van der Waals surface area contributed by atoms with Crippen molar-refractivity contribution in [3.8, 4) is 0 Å². The molecule has 0 amide bonds. The van der Waals surface area contributed by atoms with E-state index in [1.807, 2.05) is 0 Å². The molecular formula is C23H40O9. The number of esters is 3. The van der Waals surface area contributed by atoms with Crippen LogP contribution < -0.4 is 0 Å². The summed E-state index contributed by atoms with van der Waals surface area (Å²) >= 11 is 0. The normalized spacial score (nSPS) is 11.6. The molecule has 0 aliphatic carbocycles. The molecule has 2 N–H and O–H groups in total. The second kappa shape index (κ2) is 20.9. The third kappa shape index (κ3) is 19.9. The van der Waals surface area contributed by atoms with E-state index in [1.165, 1.54) is 0 Å². The summed E-state index contributed by atoms with van der Waals surface area (Å²) in [6.45, 7) is 2.53. The molecule has 0 saturated carbocycles. The number of aliphatic hydroxyl groups is 2. The Bertz CT molecular complexity index is 534. The highest BCUT2D eigenvalue weighted by Gasteiger charge is 2.09. The van der Waals surface area contributed by atoms with Crippen molar-refractivity contribution < 1.29 is 43.6 Å². The molecule has 0 rings (SSSR count). The maximum Gasteiger partial charge on any atom is 0.306 e. The quantitative estimate of drug-likeness (QED) is 0.150. The van der Waals surface area contributed by atoms with Crippen molar-refractivity contribution in [3.63, 3.8) is 0 Å². The van der Waals surface area contributed by atoms with E-state index in [9.17, 15) is 19.2 Å². The predicted molar refractivity (Wildman–Crippen MR) is 117 cm³/mol. The highest BCUT2D eigenvalue weighted by atomic mass is 16.5. The van der Waals surface area contributed by atoms with Gasteiger partial charge >= 0.3 is 17.9 Å². The van der Waals surface area contributed by atoms with Gasteiger partial charge in [-0.2, -0.15) is 0 Å². The zero-order valence-corrected chi connectivity index (χ0v) is 19.4. The van der Waals surface area contributed by atoms with Crippen LogP contribution in [0.15, 0.2) is 0 Å². The Morgan fingerprint density at radius 3 is 1.72 bits per heavy atom. The van der Waals surface area contributed by atoms with Gasteiger partial charge in [0.15, 0.2) is 0 Å². The third-order valence-corrected chi connectivity index (χ3v) is 4.64. The number of carbonyl (C=O) groups is 4. The van der Waals surface area contributed by atoms with Gasteiger partial charge in [-0.05, 0) is 38.5 Å². The van der Waals surface area contributed by atoms with Gasteiger partial charge in [0.2, 0.25) is 0 Å². The van der Waals surface area contributed by atoms with E-state index >= 15 is 0 Å². The van der Waals surface area contributed by atoms with Crippen LogP contribution in [0.2, 0.25) is 0 Å². The Kier molecular flexibility index (Phi) is 19.6. The van der Waals surface area contributed by atoms with Crippen LogP contribution in [0.1, 0.15) is 84.0 Å². The summed E-state index contributed by atoms with van der Waals surface area (Å²) in [5, 5.41) is 17.5. The maximum atomic E-state index is 11.6. The molecule has 0 aliphatic heterocycles. The van der Waals surface area contributed by atoms with Crippen molar-refractivity contribution in [1.82, 2.24) is 0 Å². The number of Topliss-reactive ketones (excluding diaryl/α,β-unsaturated/α-hetero) is 1. The minimum absolute atomic E-state index is 0.0278. The molecule has 1 atom stereocenters. The van der Waals surface area contributed by atoms with Crippen LogP contribution in [0, 0.1) is 5.92 Å². The van der Waals surface area contributed by atoms with Crippen LogP contribution in [-0.2, 0) is 33.4 Å². The van der Waals surface area contributed by atoms with Crippen LogP contribution >= 0.6 is 0 Å². The number of rotatable bonds is 21. The largest absolute Gasteiger partial charge is 0.466 e. The first kappa shape index (κ1) is 30.0. The van der Waals surface area contributed by atoms with Gasteiger partial charge in [-0.25, -0.2) is 0 Å². The Morgan fingerprint density at radius 1 is 0.625 bits per heavy atom. The molecule has 0 aromatic rings. The van der Waals surface area contributed by atoms with Crippen molar-refractivity contribution in [1.29, 1.82) is 0 Å². The molecule has 9 nitrogen and oxygen atoms in total. The first-order chi connectivity index (χ1) is 15.4. The van der Waals surface area contributed by atoms with E-state index in [4.69, 9.17) is 24.4 Å². The smallest absolute Gasteiger partial charge is 0.306 e. The summed E-state index contributed by atoms with van der Waals surface area (Å²) in [6.07, 6.45) is 5.53. The van der Waals surface area contributed by atoms with E-state index < -0.39 is 5.97 Å². The summed E-state index contributed by atoms with van der Waals surface area (Å²) in [5.74, 6) is -1.13. The Morgan fingerprint density at radius 2 is 1.16 bits per heavy atom. The van der Waals surface area contributed by atoms with Crippen molar-refractivity contribution >= 4 is 23.7 Å². The lowest BCUT2D eigenvalue weighted by Gasteiger charge is -2.09. The molecule has 0 aliphatic rings. The number of unbranched alkanes of at least 4 members (excludes halogenated alkanes) is 4. The minimum Gasteiger partial charge on any atom is -0.466 e. The van der Waals surface area contributed by atoms with E-state index in [0.29, 0.717) is 38.5 Å². The van der Waals surface area contributed by atoms with Gasteiger partial charge < -0.3 is 24.4 Å². The van der Waals surface area contributed by atoms with Crippen LogP contribution in [0.3, 0.4) is 0 Å². The minimum atomic E-state index is -0.407. The fraction of sp³-hybridized carbons (Fsp3) is 0.826. The van der Waals surface area contributed by atoms with Crippen LogP contribution in [0.25, 0.3) is 0 Å². The number of ketones is 1. The fourth-order valence-electron chi connectivity index (χ4n) is 2.60. The van der Waals surface area contributed by atoms with Crippen molar-refractivity contribution in [2.75, 3.05) is 33.0 Å². The molecule has 0 spiro atoms. The number of aliphatic hydroxyl groups excluding tert-OH is 2. The summed E-state index contributed by atoms with van der Waals surface area (Å²) < 4.78 is 15.2. The lowest BCUT2D eigenvalue weighted by atomic mass is 10.1. The van der Waals surface area contributed by atoms with Crippen molar-refractivity contribution in [2.45, 2.75) is 84.0 Å². The number of carbonyl (C=O) groups excluding carboxylic acids is 4. The van der Waals surface area contributed by atoms with Gasteiger partial charge in [-0.15, -0.1) is 0 Å². The highest BCUT2D eigenvalue weighted by Crippen LogP contribution is 2.06. The van der Waals surface area contributed by atoms with Gasteiger partial charge in [0, 0.05) is 44.8 Å². The Labute approximate surface area is 190 Å². The number of hydrogen-bond donors (Lipinski definition) is 2. The number of hydrogen-bond acceptors (Lipinski definition) is 9. The molecule has 1 unspecified atom stereocenters. The monoisotopic (exact) mass is 460 g/mol. The number of ether oxygens (including phenoxy) is 3. The SMILES string of the molecule is CC(CO)COC(=O)CCCCC(=O)OCCCCOC(=O)CCC(=O)CCCCCO. The molecule has 9 heteroatoms. The third-order valence-electron chi connectivity index (χ3n) is 4.64. The average Bonchev–Trinajstić information content (AvgIpc) is 2.78. The zero-order chi connectivity index (χ0) is 24.0. The van der Waals surface area contributed by atoms with Crippen molar-refractivity contribution in [2.24, 2.45) is 5.92 Å². The lowest BCUT2D eigenvalue weighted by Crippen LogP contribution is -2.14. The molecule has 0 heterocycles. The molecule has 0 bridgehead atoms. The molecular weight excluding hydrogens is 420 g/mol. The molecule has 0 saturated heterocycles. The standard InChI is InChI=1S/C23H40O9/c1-19(17-25)18-32-22(28)11-5-4-10-21(27)30-15-7-8-16-31-23(29)13-12-20(26)9-3-2-6-14-24/h19,24-25H,2-18H2,1H3. The predicted octanol–water partition coefficient (Wildman–Crippen LogP) is 2.49. The van der Waals surface area contributed by atoms with Crippen LogP contribution in [0.5, 0.6) is 0 Å². The van der Waals surface area contributed by atoms with E-state index in [1.54, 1.807) is 6.92 Å². The van der Waals surface area contributed by atoms with Gasteiger partial charge in [-0.1, -0.05) is 13.3 Å². The summed E-state index contributed by atoms with van der Waals surface area (Å²) in [5.41, 5.74) is 0. The highest BCUT2D eigenvalue weighted by molar-refractivity contribution is 5.82. The zero-order valence-electron chi connectivity index (χ0n) is 19.4. The van der Waals surface area contributed by atoms with Crippen LogP contribution in [0.4, 0.5) is 0 Å².